The predicted molar refractivity (Wildman–Crippen MR) is 98.8 cm³/mol. The fraction of sp³-hybridized carbons (Fsp3) is 0.263. The van der Waals surface area contributed by atoms with Gasteiger partial charge in [0.2, 0.25) is 11.7 Å². The highest BCUT2D eigenvalue weighted by atomic mass is 32.2. The molecule has 7 heteroatoms. The molecule has 4 rings (SSSR count). The molecule has 26 heavy (non-hydrogen) atoms. The van der Waals surface area contributed by atoms with Gasteiger partial charge in [0.1, 0.15) is 11.1 Å². The lowest BCUT2D eigenvalue weighted by molar-refractivity contribution is 0.0705. The molecule has 0 radical (unpaired) electrons. The lowest BCUT2D eigenvalue weighted by atomic mass is 10.2. The second kappa shape index (κ2) is 7.29. The maximum atomic E-state index is 13.1. The van der Waals surface area contributed by atoms with E-state index in [1.165, 1.54) is 11.8 Å². The van der Waals surface area contributed by atoms with Gasteiger partial charge in [0.15, 0.2) is 0 Å². The summed E-state index contributed by atoms with van der Waals surface area (Å²) in [5.74, 6) is 1.000. The van der Waals surface area contributed by atoms with Crippen molar-refractivity contribution in [2.75, 3.05) is 12.8 Å². The standard InChI is InChI=1S/C19H18N4O2S/c1-26-18-14(9-5-11-20-18)19(24)23-12-6-10-15(23)17-21-16(22-25-17)13-7-3-2-4-8-13/h2-5,7-9,11,15H,6,10,12H2,1H3/t15-/m0/s1. The van der Waals surface area contributed by atoms with Crippen molar-refractivity contribution in [3.05, 3.63) is 60.1 Å². The van der Waals surface area contributed by atoms with Gasteiger partial charge in [-0.2, -0.15) is 4.98 Å². The summed E-state index contributed by atoms with van der Waals surface area (Å²) in [6.07, 6.45) is 5.35. The van der Waals surface area contributed by atoms with Crippen LogP contribution in [0.5, 0.6) is 0 Å². The van der Waals surface area contributed by atoms with E-state index in [2.05, 4.69) is 15.1 Å². The third-order valence-electron chi connectivity index (χ3n) is 4.47. The van der Waals surface area contributed by atoms with Crippen LogP contribution in [0.2, 0.25) is 0 Å². The quantitative estimate of drug-likeness (QED) is 0.654. The molecule has 0 bridgehead atoms. The molecule has 132 valence electrons. The average Bonchev–Trinajstić information content (AvgIpc) is 3.37. The first-order chi connectivity index (χ1) is 12.8. The molecular weight excluding hydrogens is 348 g/mol. The fourth-order valence-corrected chi connectivity index (χ4v) is 3.75. The Morgan fingerprint density at radius 3 is 2.88 bits per heavy atom. The van der Waals surface area contributed by atoms with E-state index in [4.69, 9.17) is 4.52 Å². The Kier molecular flexibility index (Phi) is 4.71. The Bertz CT molecular complexity index is 913. The van der Waals surface area contributed by atoms with Gasteiger partial charge in [0.25, 0.3) is 5.91 Å². The highest BCUT2D eigenvalue weighted by Gasteiger charge is 2.35. The number of amides is 1. The van der Waals surface area contributed by atoms with Crippen LogP contribution in [0, 0.1) is 0 Å². The van der Waals surface area contributed by atoms with Crippen LogP contribution in [-0.2, 0) is 0 Å². The van der Waals surface area contributed by atoms with Crippen molar-refractivity contribution >= 4 is 17.7 Å². The van der Waals surface area contributed by atoms with Gasteiger partial charge in [-0.05, 0) is 31.2 Å². The Balaban J connectivity index is 1.61. The number of hydrogen-bond donors (Lipinski definition) is 0. The summed E-state index contributed by atoms with van der Waals surface area (Å²) in [5, 5.41) is 4.83. The maximum absolute atomic E-state index is 13.1. The zero-order valence-electron chi connectivity index (χ0n) is 14.3. The van der Waals surface area contributed by atoms with Crippen LogP contribution in [0.4, 0.5) is 0 Å². The molecule has 1 amide bonds. The Hall–Kier alpha value is -2.67. The van der Waals surface area contributed by atoms with Crippen molar-refractivity contribution in [3.63, 3.8) is 0 Å². The fourth-order valence-electron chi connectivity index (χ4n) is 3.21. The average molecular weight is 366 g/mol. The van der Waals surface area contributed by atoms with Crippen molar-refractivity contribution in [3.8, 4) is 11.4 Å². The van der Waals surface area contributed by atoms with Crippen molar-refractivity contribution in [1.29, 1.82) is 0 Å². The van der Waals surface area contributed by atoms with Crippen molar-refractivity contribution < 1.29 is 9.32 Å². The summed E-state index contributed by atoms with van der Waals surface area (Å²) in [5.41, 5.74) is 1.52. The van der Waals surface area contributed by atoms with Crippen LogP contribution in [0.3, 0.4) is 0 Å². The van der Waals surface area contributed by atoms with Gasteiger partial charge in [-0.15, -0.1) is 11.8 Å². The molecule has 0 N–H and O–H groups in total. The van der Waals surface area contributed by atoms with Crippen molar-refractivity contribution in [2.24, 2.45) is 0 Å². The van der Waals surface area contributed by atoms with Crippen LogP contribution >= 0.6 is 11.8 Å². The zero-order chi connectivity index (χ0) is 17.9. The van der Waals surface area contributed by atoms with E-state index in [0.29, 0.717) is 23.8 Å². The first-order valence-corrected chi connectivity index (χ1v) is 9.69. The molecular formula is C19H18N4O2S. The van der Waals surface area contributed by atoms with Gasteiger partial charge < -0.3 is 9.42 Å². The third kappa shape index (κ3) is 3.10. The number of nitrogens with zero attached hydrogens (tertiary/aromatic N) is 4. The van der Waals surface area contributed by atoms with Crippen LogP contribution in [0.1, 0.15) is 35.1 Å². The smallest absolute Gasteiger partial charge is 0.257 e. The van der Waals surface area contributed by atoms with E-state index in [1.54, 1.807) is 12.3 Å². The molecule has 1 aliphatic heterocycles. The molecule has 0 aliphatic carbocycles. The second-order valence-corrected chi connectivity index (χ2v) is 6.83. The van der Waals surface area contributed by atoms with E-state index >= 15 is 0 Å². The van der Waals surface area contributed by atoms with E-state index < -0.39 is 0 Å². The highest BCUT2D eigenvalue weighted by Crippen LogP contribution is 2.34. The summed E-state index contributed by atoms with van der Waals surface area (Å²) in [6, 6.07) is 13.1. The molecule has 6 nitrogen and oxygen atoms in total. The topological polar surface area (TPSA) is 72.1 Å². The molecule has 3 heterocycles. The molecule has 1 saturated heterocycles. The lowest BCUT2D eigenvalue weighted by Gasteiger charge is -2.22. The molecule has 1 fully saturated rings. The zero-order valence-corrected chi connectivity index (χ0v) is 15.1. The number of benzene rings is 1. The number of thioether (sulfide) groups is 1. The molecule has 0 unspecified atom stereocenters. The van der Waals surface area contributed by atoms with Crippen molar-refractivity contribution in [2.45, 2.75) is 23.9 Å². The summed E-state index contributed by atoms with van der Waals surface area (Å²) in [7, 11) is 0. The SMILES string of the molecule is CSc1ncccc1C(=O)N1CCC[C@H]1c1nc(-c2ccccc2)no1. The van der Waals surface area contributed by atoms with Gasteiger partial charge in [0.05, 0.1) is 5.56 Å². The number of rotatable bonds is 4. The van der Waals surface area contributed by atoms with Gasteiger partial charge in [-0.25, -0.2) is 4.98 Å². The molecule has 0 saturated carbocycles. The van der Waals surface area contributed by atoms with Gasteiger partial charge in [-0.1, -0.05) is 35.5 Å². The monoisotopic (exact) mass is 366 g/mol. The minimum Gasteiger partial charge on any atom is -0.337 e. The Labute approximate surface area is 155 Å². The van der Waals surface area contributed by atoms with Crippen LogP contribution in [0.25, 0.3) is 11.4 Å². The van der Waals surface area contributed by atoms with Gasteiger partial charge in [0, 0.05) is 18.3 Å². The van der Waals surface area contributed by atoms with Crippen molar-refractivity contribution in [1.82, 2.24) is 20.0 Å². The maximum Gasteiger partial charge on any atom is 0.257 e. The number of hydrogen-bond acceptors (Lipinski definition) is 6. The largest absolute Gasteiger partial charge is 0.337 e. The molecule has 0 spiro atoms. The summed E-state index contributed by atoms with van der Waals surface area (Å²) in [4.78, 5) is 23.7. The van der Waals surface area contributed by atoms with Gasteiger partial charge >= 0.3 is 0 Å². The van der Waals surface area contributed by atoms with Crippen LogP contribution < -0.4 is 0 Å². The number of pyridine rings is 1. The number of likely N-dealkylation sites (tertiary alicyclic amines) is 1. The Morgan fingerprint density at radius 1 is 1.23 bits per heavy atom. The number of carbonyl (C=O) groups excluding carboxylic acids is 1. The summed E-state index contributed by atoms with van der Waals surface area (Å²) in [6.45, 7) is 0.676. The van der Waals surface area contributed by atoms with E-state index in [9.17, 15) is 4.79 Å². The predicted octanol–water partition coefficient (Wildman–Crippen LogP) is 3.83. The lowest BCUT2D eigenvalue weighted by Crippen LogP contribution is -2.31. The normalized spacial score (nSPS) is 16.8. The number of aromatic nitrogens is 3. The molecule has 1 aromatic carbocycles. The van der Waals surface area contributed by atoms with Crippen LogP contribution in [-0.4, -0.2) is 38.7 Å². The second-order valence-electron chi connectivity index (χ2n) is 6.04. The van der Waals surface area contributed by atoms with Crippen LogP contribution in [0.15, 0.2) is 58.2 Å². The third-order valence-corrected chi connectivity index (χ3v) is 5.18. The molecule has 3 aromatic rings. The first kappa shape index (κ1) is 16.8. The molecule has 1 atom stereocenters. The summed E-state index contributed by atoms with van der Waals surface area (Å²) >= 11 is 1.47. The van der Waals surface area contributed by atoms with E-state index in [1.807, 2.05) is 47.6 Å². The first-order valence-electron chi connectivity index (χ1n) is 8.47. The minimum absolute atomic E-state index is 0.0376. The van der Waals surface area contributed by atoms with Gasteiger partial charge in [-0.3, -0.25) is 4.79 Å². The van der Waals surface area contributed by atoms with E-state index in [0.717, 1.165) is 23.4 Å². The number of carbonyl (C=O) groups is 1. The highest BCUT2D eigenvalue weighted by molar-refractivity contribution is 7.98. The molecule has 1 aliphatic rings. The minimum atomic E-state index is -0.192. The van der Waals surface area contributed by atoms with E-state index in [-0.39, 0.29) is 11.9 Å². The Morgan fingerprint density at radius 2 is 2.08 bits per heavy atom. The summed E-state index contributed by atoms with van der Waals surface area (Å²) < 4.78 is 5.50. The molecule has 2 aromatic heterocycles.